The van der Waals surface area contributed by atoms with Crippen LogP contribution in [0, 0.1) is 24.0 Å². The van der Waals surface area contributed by atoms with E-state index in [0.29, 0.717) is 29.7 Å². The van der Waals surface area contributed by atoms with Crippen molar-refractivity contribution in [2.75, 3.05) is 11.9 Å². The van der Waals surface area contributed by atoms with Gasteiger partial charge in [0.1, 0.15) is 17.2 Å². The predicted octanol–water partition coefficient (Wildman–Crippen LogP) is 3.05. The van der Waals surface area contributed by atoms with Crippen LogP contribution >= 0.6 is 0 Å². The SMILES string of the molecule is Cc1nc(-c2nc(NCCc3ccccc3)nc(C)c2[N+](=O)[O-])c[nH]1. The predicted molar refractivity (Wildman–Crippen MR) is 94.4 cm³/mol. The number of H-pyrrole nitrogens is 1. The minimum atomic E-state index is -0.470. The summed E-state index contributed by atoms with van der Waals surface area (Å²) in [6, 6.07) is 10.0. The van der Waals surface area contributed by atoms with Gasteiger partial charge in [0.05, 0.1) is 4.92 Å². The molecule has 2 aromatic heterocycles. The normalized spacial score (nSPS) is 10.6. The van der Waals surface area contributed by atoms with Crippen LogP contribution in [0.4, 0.5) is 11.6 Å². The van der Waals surface area contributed by atoms with Crippen LogP contribution in [0.1, 0.15) is 17.1 Å². The number of rotatable bonds is 6. The molecule has 0 aliphatic rings. The molecule has 25 heavy (non-hydrogen) atoms. The summed E-state index contributed by atoms with van der Waals surface area (Å²) in [4.78, 5) is 26.6. The molecule has 0 aliphatic carbocycles. The van der Waals surface area contributed by atoms with E-state index in [0.717, 1.165) is 6.42 Å². The average Bonchev–Trinajstić information content (AvgIpc) is 3.01. The van der Waals surface area contributed by atoms with E-state index in [9.17, 15) is 10.1 Å². The minimum Gasteiger partial charge on any atom is -0.354 e. The summed E-state index contributed by atoms with van der Waals surface area (Å²) in [5, 5.41) is 14.5. The van der Waals surface area contributed by atoms with Gasteiger partial charge in [-0.15, -0.1) is 0 Å². The van der Waals surface area contributed by atoms with Crippen LogP contribution in [0.5, 0.6) is 0 Å². The highest BCUT2D eigenvalue weighted by atomic mass is 16.6. The Labute approximate surface area is 144 Å². The Kier molecular flexibility index (Phi) is 4.69. The molecular formula is C17H18N6O2. The van der Waals surface area contributed by atoms with E-state index in [2.05, 4.69) is 25.3 Å². The second-order valence-corrected chi connectivity index (χ2v) is 5.62. The van der Waals surface area contributed by atoms with Gasteiger partial charge in [0, 0.05) is 12.7 Å². The van der Waals surface area contributed by atoms with Gasteiger partial charge in [-0.1, -0.05) is 30.3 Å². The Bertz CT molecular complexity index is 891. The van der Waals surface area contributed by atoms with E-state index in [1.165, 1.54) is 5.56 Å². The maximum Gasteiger partial charge on any atom is 0.318 e. The van der Waals surface area contributed by atoms with E-state index in [1.807, 2.05) is 30.3 Å². The van der Waals surface area contributed by atoms with Crippen molar-refractivity contribution in [3.63, 3.8) is 0 Å². The van der Waals surface area contributed by atoms with E-state index < -0.39 is 4.92 Å². The standard InChI is InChI=1S/C17H18N6O2/c1-11-16(23(24)25)15(14-10-19-12(2)21-14)22-17(20-11)18-9-8-13-6-4-3-5-7-13/h3-7,10H,8-9H2,1-2H3,(H,19,21)(H,18,20,22). The van der Waals surface area contributed by atoms with Crippen LogP contribution in [0.2, 0.25) is 0 Å². The number of hydrogen-bond donors (Lipinski definition) is 2. The molecule has 0 radical (unpaired) electrons. The van der Waals surface area contributed by atoms with Gasteiger partial charge in [-0.3, -0.25) is 10.1 Å². The third-order valence-corrected chi connectivity index (χ3v) is 3.73. The van der Waals surface area contributed by atoms with Gasteiger partial charge < -0.3 is 10.3 Å². The van der Waals surface area contributed by atoms with E-state index in [-0.39, 0.29) is 11.4 Å². The van der Waals surface area contributed by atoms with Crippen molar-refractivity contribution in [1.29, 1.82) is 0 Å². The first-order valence-corrected chi connectivity index (χ1v) is 7.88. The molecule has 3 aromatic rings. The lowest BCUT2D eigenvalue weighted by atomic mass is 10.1. The van der Waals surface area contributed by atoms with Crippen LogP contribution in [0.3, 0.4) is 0 Å². The van der Waals surface area contributed by atoms with Crippen LogP contribution in [-0.4, -0.2) is 31.4 Å². The fraction of sp³-hybridized carbons (Fsp3) is 0.235. The highest BCUT2D eigenvalue weighted by Crippen LogP contribution is 2.30. The molecule has 2 heterocycles. The molecule has 1 aromatic carbocycles. The first-order chi connectivity index (χ1) is 12.0. The van der Waals surface area contributed by atoms with Gasteiger partial charge in [-0.25, -0.2) is 15.0 Å². The molecule has 0 atom stereocenters. The van der Waals surface area contributed by atoms with Crippen molar-refractivity contribution < 1.29 is 4.92 Å². The second-order valence-electron chi connectivity index (χ2n) is 5.62. The quantitative estimate of drug-likeness (QED) is 0.528. The van der Waals surface area contributed by atoms with Crippen LogP contribution in [0.25, 0.3) is 11.4 Å². The number of anilines is 1. The van der Waals surface area contributed by atoms with Crippen molar-refractivity contribution >= 4 is 11.6 Å². The lowest BCUT2D eigenvalue weighted by Gasteiger charge is -2.08. The number of aromatic nitrogens is 4. The first-order valence-electron chi connectivity index (χ1n) is 7.88. The summed E-state index contributed by atoms with van der Waals surface area (Å²) in [6.07, 6.45) is 2.41. The number of nitrogens with one attached hydrogen (secondary N) is 2. The summed E-state index contributed by atoms with van der Waals surface area (Å²) in [5.74, 6) is 1.02. The van der Waals surface area contributed by atoms with Gasteiger partial charge in [-0.05, 0) is 25.8 Å². The van der Waals surface area contributed by atoms with Gasteiger partial charge in [0.25, 0.3) is 0 Å². The van der Waals surface area contributed by atoms with Crippen LogP contribution in [-0.2, 0) is 6.42 Å². The maximum atomic E-state index is 11.4. The van der Waals surface area contributed by atoms with Crippen molar-refractivity contribution in [2.24, 2.45) is 0 Å². The topological polar surface area (TPSA) is 110 Å². The second kappa shape index (κ2) is 7.08. The van der Waals surface area contributed by atoms with Crippen molar-refractivity contribution in [2.45, 2.75) is 20.3 Å². The number of aryl methyl sites for hydroxylation is 2. The van der Waals surface area contributed by atoms with Gasteiger partial charge in [0.2, 0.25) is 5.95 Å². The first kappa shape index (κ1) is 16.6. The summed E-state index contributed by atoms with van der Waals surface area (Å²) in [5.41, 5.74) is 2.01. The largest absolute Gasteiger partial charge is 0.354 e. The molecule has 0 fully saturated rings. The molecule has 0 aliphatic heterocycles. The van der Waals surface area contributed by atoms with Gasteiger partial charge >= 0.3 is 5.69 Å². The molecule has 0 saturated heterocycles. The van der Waals surface area contributed by atoms with E-state index >= 15 is 0 Å². The summed E-state index contributed by atoms with van der Waals surface area (Å²) in [6.45, 7) is 4.01. The molecule has 3 rings (SSSR count). The number of benzene rings is 1. The minimum absolute atomic E-state index is 0.125. The van der Waals surface area contributed by atoms with Crippen molar-refractivity contribution in [3.8, 4) is 11.4 Å². The molecule has 0 saturated carbocycles. The zero-order valence-electron chi connectivity index (χ0n) is 14.0. The summed E-state index contributed by atoms with van der Waals surface area (Å²) >= 11 is 0. The molecule has 0 unspecified atom stereocenters. The average molecular weight is 338 g/mol. The molecule has 8 heteroatoms. The Hall–Kier alpha value is -3.29. The zero-order valence-corrected chi connectivity index (χ0v) is 14.0. The zero-order chi connectivity index (χ0) is 17.8. The monoisotopic (exact) mass is 338 g/mol. The van der Waals surface area contributed by atoms with Crippen LogP contribution in [0.15, 0.2) is 36.5 Å². The van der Waals surface area contributed by atoms with Gasteiger partial charge in [-0.2, -0.15) is 0 Å². The number of nitro groups is 1. The Morgan fingerprint density at radius 2 is 1.92 bits per heavy atom. The lowest BCUT2D eigenvalue weighted by Crippen LogP contribution is -2.11. The molecule has 8 nitrogen and oxygen atoms in total. The molecule has 0 spiro atoms. The van der Waals surface area contributed by atoms with E-state index in [4.69, 9.17) is 0 Å². The van der Waals surface area contributed by atoms with Crippen molar-refractivity contribution in [1.82, 2.24) is 19.9 Å². The fourth-order valence-corrected chi connectivity index (χ4v) is 2.55. The fourth-order valence-electron chi connectivity index (χ4n) is 2.55. The highest BCUT2D eigenvalue weighted by molar-refractivity contribution is 5.68. The third kappa shape index (κ3) is 3.79. The number of hydrogen-bond acceptors (Lipinski definition) is 6. The molecule has 0 amide bonds. The number of nitrogens with zero attached hydrogens (tertiary/aromatic N) is 4. The van der Waals surface area contributed by atoms with Crippen molar-refractivity contribution in [3.05, 3.63) is 63.7 Å². The van der Waals surface area contributed by atoms with Crippen LogP contribution < -0.4 is 5.32 Å². The molecule has 128 valence electrons. The third-order valence-electron chi connectivity index (χ3n) is 3.73. The number of aromatic amines is 1. The maximum absolute atomic E-state index is 11.4. The Balaban J connectivity index is 1.85. The Morgan fingerprint density at radius 1 is 1.16 bits per heavy atom. The number of imidazole rings is 1. The summed E-state index contributed by atoms with van der Waals surface area (Å²) < 4.78 is 0. The lowest BCUT2D eigenvalue weighted by molar-refractivity contribution is -0.385. The van der Waals surface area contributed by atoms with E-state index in [1.54, 1.807) is 20.0 Å². The molecular weight excluding hydrogens is 320 g/mol. The Morgan fingerprint density at radius 3 is 2.56 bits per heavy atom. The summed E-state index contributed by atoms with van der Waals surface area (Å²) in [7, 11) is 0. The molecule has 0 bridgehead atoms. The molecule has 2 N–H and O–H groups in total. The van der Waals surface area contributed by atoms with Gasteiger partial charge in [0.15, 0.2) is 5.69 Å². The smallest absolute Gasteiger partial charge is 0.318 e. The highest BCUT2D eigenvalue weighted by Gasteiger charge is 2.24.